The minimum absolute atomic E-state index is 0.179. The zero-order valence-electron chi connectivity index (χ0n) is 11.8. The predicted molar refractivity (Wildman–Crippen MR) is 77.9 cm³/mol. The Morgan fingerprint density at radius 3 is 2.70 bits per heavy atom. The van der Waals surface area contributed by atoms with Gasteiger partial charge in [0.25, 0.3) is 0 Å². The van der Waals surface area contributed by atoms with E-state index in [9.17, 15) is 9.59 Å². The highest BCUT2D eigenvalue weighted by atomic mass is 32.1. The van der Waals surface area contributed by atoms with Crippen LogP contribution in [0.15, 0.2) is 12.1 Å². The van der Waals surface area contributed by atoms with E-state index < -0.39 is 11.4 Å². The number of nitrogens with zero attached hydrogens (tertiary/aromatic N) is 1. The highest BCUT2D eigenvalue weighted by molar-refractivity contribution is 7.11. The van der Waals surface area contributed by atoms with Crippen LogP contribution in [0.25, 0.3) is 0 Å². The molecule has 20 heavy (non-hydrogen) atoms. The Hall–Kier alpha value is -1.56. The molecule has 0 spiro atoms. The number of carbonyl (C=O) groups excluding carboxylic acids is 1. The van der Waals surface area contributed by atoms with E-state index in [2.05, 4.69) is 18.3 Å². The highest BCUT2D eigenvalue weighted by Gasteiger charge is 2.42. The fourth-order valence-corrected chi connectivity index (χ4v) is 3.19. The van der Waals surface area contributed by atoms with Crippen molar-refractivity contribution in [2.24, 2.45) is 5.41 Å². The Morgan fingerprint density at radius 2 is 2.15 bits per heavy atom. The van der Waals surface area contributed by atoms with Gasteiger partial charge in [0.15, 0.2) is 0 Å². The monoisotopic (exact) mass is 296 g/mol. The number of carboxylic acid groups (broad SMARTS) is 1. The molecular weight excluding hydrogens is 276 g/mol. The number of hydrogen-bond donors (Lipinski definition) is 2. The third-order valence-electron chi connectivity index (χ3n) is 3.76. The van der Waals surface area contributed by atoms with E-state index in [-0.39, 0.29) is 12.6 Å². The molecule has 1 aliphatic rings. The fourth-order valence-electron chi connectivity index (χ4n) is 2.29. The first-order chi connectivity index (χ1) is 9.44. The lowest BCUT2D eigenvalue weighted by atomic mass is 9.90. The molecule has 6 heteroatoms. The van der Waals surface area contributed by atoms with E-state index in [1.807, 2.05) is 6.07 Å². The Kier molecular flexibility index (Phi) is 4.32. The molecule has 1 atom stereocenters. The predicted octanol–water partition coefficient (Wildman–Crippen LogP) is 2.32. The van der Waals surface area contributed by atoms with E-state index in [0.29, 0.717) is 19.5 Å². The lowest BCUT2D eigenvalue weighted by molar-refractivity contribution is -0.146. The molecule has 1 aromatic heterocycles. The van der Waals surface area contributed by atoms with Gasteiger partial charge < -0.3 is 15.3 Å². The molecule has 1 saturated heterocycles. The summed E-state index contributed by atoms with van der Waals surface area (Å²) in [6, 6.07) is 3.92. The summed E-state index contributed by atoms with van der Waals surface area (Å²) in [6.45, 7) is 5.07. The van der Waals surface area contributed by atoms with Crippen molar-refractivity contribution < 1.29 is 14.7 Å². The Bertz CT molecular complexity index is 514. The first kappa shape index (κ1) is 14.8. The van der Waals surface area contributed by atoms with Crippen LogP contribution in [-0.2, 0) is 17.8 Å². The van der Waals surface area contributed by atoms with Crippen molar-refractivity contribution in [3.05, 3.63) is 21.9 Å². The number of likely N-dealkylation sites (tertiary alicyclic amines) is 1. The molecule has 0 saturated carbocycles. The second-order valence-corrected chi connectivity index (χ2v) is 6.67. The van der Waals surface area contributed by atoms with Gasteiger partial charge in [-0.3, -0.25) is 4.79 Å². The Balaban J connectivity index is 1.85. The van der Waals surface area contributed by atoms with Crippen LogP contribution >= 0.6 is 11.3 Å². The molecule has 110 valence electrons. The molecule has 2 amide bonds. The van der Waals surface area contributed by atoms with Crippen LogP contribution in [0, 0.1) is 5.41 Å². The number of carbonyl (C=O) groups is 2. The van der Waals surface area contributed by atoms with Gasteiger partial charge in [0.1, 0.15) is 0 Å². The van der Waals surface area contributed by atoms with Gasteiger partial charge in [-0.15, -0.1) is 11.3 Å². The number of hydrogen-bond acceptors (Lipinski definition) is 3. The number of urea groups is 1. The van der Waals surface area contributed by atoms with Crippen molar-refractivity contribution in [2.45, 2.75) is 33.2 Å². The number of aryl methyl sites for hydroxylation is 1. The molecule has 1 unspecified atom stereocenters. The quantitative estimate of drug-likeness (QED) is 0.896. The van der Waals surface area contributed by atoms with Gasteiger partial charge in [-0.05, 0) is 31.9 Å². The third kappa shape index (κ3) is 3.12. The highest BCUT2D eigenvalue weighted by Crippen LogP contribution is 2.30. The van der Waals surface area contributed by atoms with Gasteiger partial charge in [-0.2, -0.15) is 0 Å². The summed E-state index contributed by atoms with van der Waals surface area (Å²) >= 11 is 1.69. The zero-order valence-corrected chi connectivity index (χ0v) is 12.6. The summed E-state index contributed by atoms with van der Waals surface area (Å²) in [6.07, 6.45) is 1.51. The van der Waals surface area contributed by atoms with E-state index in [4.69, 9.17) is 5.11 Å². The van der Waals surface area contributed by atoms with Crippen LogP contribution in [0.3, 0.4) is 0 Å². The van der Waals surface area contributed by atoms with E-state index in [1.54, 1.807) is 23.2 Å². The molecule has 1 fully saturated rings. The van der Waals surface area contributed by atoms with Crippen LogP contribution < -0.4 is 5.32 Å². The number of aliphatic carboxylic acids is 1. The average Bonchev–Trinajstić information content (AvgIpc) is 3.03. The van der Waals surface area contributed by atoms with Crippen LogP contribution in [0.4, 0.5) is 4.79 Å². The molecule has 2 N–H and O–H groups in total. The topological polar surface area (TPSA) is 69.6 Å². The molecule has 2 heterocycles. The summed E-state index contributed by atoms with van der Waals surface area (Å²) in [5.74, 6) is -0.835. The van der Waals surface area contributed by atoms with Crippen LogP contribution in [0.1, 0.15) is 30.0 Å². The summed E-state index contributed by atoms with van der Waals surface area (Å²) in [4.78, 5) is 27.2. The molecule has 0 aromatic carbocycles. The number of rotatable bonds is 4. The molecule has 0 aliphatic carbocycles. The molecule has 0 radical (unpaired) electrons. The normalized spacial score (nSPS) is 22.0. The van der Waals surface area contributed by atoms with E-state index >= 15 is 0 Å². The number of nitrogens with one attached hydrogen (secondary N) is 1. The van der Waals surface area contributed by atoms with Gasteiger partial charge in [-0.1, -0.05) is 6.92 Å². The standard InChI is InChI=1S/C14H20N2O3S/c1-3-10-4-5-11(20-10)8-15-13(19)16-7-6-14(2,9-16)12(17)18/h4-5H,3,6-9H2,1-2H3,(H,15,19)(H,17,18). The molecular formula is C14H20N2O3S. The van der Waals surface area contributed by atoms with Crippen LogP contribution in [-0.4, -0.2) is 35.1 Å². The maximum Gasteiger partial charge on any atom is 0.317 e. The molecule has 0 bridgehead atoms. The largest absolute Gasteiger partial charge is 0.481 e. The lowest BCUT2D eigenvalue weighted by Crippen LogP contribution is -2.40. The third-order valence-corrected chi connectivity index (χ3v) is 4.99. The molecule has 1 aromatic rings. The maximum atomic E-state index is 12.0. The maximum absolute atomic E-state index is 12.0. The molecule has 5 nitrogen and oxygen atoms in total. The summed E-state index contributed by atoms with van der Waals surface area (Å²) in [5.41, 5.74) is -0.810. The van der Waals surface area contributed by atoms with Gasteiger partial charge in [0, 0.05) is 22.8 Å². The number of thiophene rings is 1. The summed E-state index contributed by atoms with van der Waals surface area (Å²) in [5, 5.41) is 12.0. The number of amides is 2. The van der Waals surface area contributed by atoms with Crippen molar-refractivity contribution in [2.75, 3.05) is 13.1 Å². The summed E-state index contributed by atoms with van der Waals surface area (Å²) < 4.78 is 0. The fraction of sp³-hybridized carbons (Fsp3) is 0.571. The van der Waals surface area contributed by atoms with Gasteiger partial charge in [0.2, 0.25) is 0 Å². The average molecular weight is 296 g/mol. The van der Waals surface area contributed by atoms with Crippen molar-refractivity contribution in [1.82, 2.24) is 10.2 Å². The van der Waals surface area contributed by atoms with Crippen LogP contribution in [0.5, 0.6) is 0 Å². The second-order valence-electron chi connectivity index (χ2n) is 5.42. The first-order valence-electron chi connectivity index (χ1n) is 6.78. The SMILES string of the molecule is CCc1ccc(CNC(=O)N2CCC(C)(C(=O)O)C2)s1. The second kappa shape index (κ2) is 5.83. The van der Waals surface area contributed by atoms with Crippen molar-refractivity contribution >= 4 is 23.3 Å². The minimum atomic E-state index is -0.835. The van der Waals surface area contributed by atoms with Gasteiger partial charge >= 0.3 is 12.0 Å². The van der Waals surface area contributed by atoms with Gasteiger partial charge in [0.05, 0.1) is 12.0 Å². The Labute approximate surface area is 122 Å². The minimum Gasteiger partial charge on any atom is -0.481 e. The smallest absolute Gasteiger partial charge is 0.317 e. The Morgan fingerprint density at radius 1 is 1.45 bits per heavy atom. The summed E-state index contributed by atoms with van der Waals surface area (Å²) in [7, 11) is 0. The lowest BCUT2D eigenvalue weighted by Gasteiger charge is -2.20. The van der Waals surface area contributed by atoms with Crippen LogP contribution in [0.2, 0.25) is 0 Å². The van der Waals surface area contributed by atoms with Crippen molar-refractivity contribution in [3.8, 4) is 0 Å². The zero-order chi connectivity index (χ0) is 14.8. The van der Waals surface area contributed by atoms with Crippen molar-refractivity contribution in [1.29, 1.82) is 0 Å². The first-order valence-corrected chi connectivity index (χ1v) is 7.60. The van der Waals surface area contributed by atoms with E-state index in [0.717, 1.165) is 11.3 Å². The van der Waals surface area contributed by atoms with E-state index in [1.165, 1.54) is 4.88 Å². The van der Waals surface area contributed by atoms with Gasteiger partial charge in [-0.25, -0.2) is 4.79 Å². The molecule has 1 aliphatic heterocycles. The van der Waals surface area contributed by atoms with Crippen molar-refractivity contribution in [3.63, 3.8) is 0 Å². The number of carboxylic acids is 1. The molecule has 2 rings (SSSR count).